The van der Waals surface area contributed by atoms with E-state index in [9.17, 15) is 4.79 Å². The smallest absolute Gasteiger partial charge is 0.265 e. The van der Waals surface area contributed by atoms with E-state index < -0.39 is 6.10 Å². The summed E-state index contributed by atoms with van der Waals surface area (Å²) >= 11 is 0. The number of para-hydroxylation sites is 1. The molecule has 1 unspecified atom stereocenters. The number of fused-ring (bicyclic) bond motifs is 1. The van der Waals surface area contributed by atoms with Crippen molar-refractivity contribution in [3.63, 3.8) is 0 Å². The molecule has 1 N–H and O–H groups in total. The molecule has 0 aliphatic carbocycles. The SMILES string of the molecule is Cc1ccc(C)c(OC2CCc3ccccc3NC2=O)c1. The Kier molecular flexibility index (Phi) is 3.65. The number of rotatable bonds is 2. The van der Waals surface area contributed by atoms with E-state index in [0.29, 0.717) is 6.42 Å². The predicted molar refractivity (Wildman–Crippen MR) is 83.7 cm³/mol. The fraction of sp³-hybridized carbons (Fsp3) is 0.278. The topological polar surface area (TPSA) is 38.3 Å². The van der Waals surface area contributed by atoms with E-state index in [2.05, 4.69) is 11.4 Å². The summed E-state index contributed by atoms with van der Waals surface area (Å²) in [5.41, 5.74) is 4.25. The Balaban J connectivity index is 1.81. The molecule has 0 saturated carbocycles. The van der Waals surface area contributed by atoms with E-state index in [1.807, 2.05) is 50.2 Å². The number of hydrogen-bond acceptors (Lipinski definition) is 2. The van der Waals surface area contributed by atoms with Crippen molar-refractivity contribution < 1.29 is 9.53 Å². The van der Waals surface area contributed by atoms with Crippen LogP contribution in [0.2, 0.25) is 0 Å². The number of anilines is 1. The predicted octanol–water partition coefficient (Wildman–Crippen LogP) is 3.64. The molecule has 1 heterocycles. The van der Waals surface area contributed by atoms with Crippen molar-refractivity contribution in [1.82, 2.24) is 0 Å². The maximum Gasteiger partial charge on any atom is 0.265 e. The Labute approximate surface area is 124 Å². The number of amides is 1. The van der Waals surface area contributed by atoms with Crippen molar-refractivity contribution in [3.8, 4) is 5.75 Å². The molecule has 0 fully saturated rings. The zero-order valence-corrected chi connectivity index (χ0v) is 12.3. The summed E-state index contributed by atoms with van der Waals surface area (Å²) in [6.07, 6.45) is 1.08. The van der Waals surface area contributed by atoms with Gasteiger partial charge >= 0.3 is 0 Å². The van der Waals surface area contributed by atoms with Crippen molar-refractivity contribution >= 4 is 11.6 Å². The summed E-state index contributed by atoms with van der Waals surface area (Å²) in [6, 6.07) is 14.0. The molecule has 0 spiro atoms. The summed E-state index contributed by atoms with van der Waals surface area (Å²) in [5.74, 6) is 0.724. The first-order valence-electron chi connectivity index (χ1n) is 7.26. The molecular weight excluding hydrogens is 262 g/mol. The van der Waals surface area contributed by atoms with Crippen LogP contribution >= 0.6 is 0 Å². The van der Waals surface area contributed by atoms with Crippen molar-refractivity contribution in [3.05, 3.63) is 59.2 Å². The summed E-state index contributed by atoms with van der Waals surface area (Å²) in [5, 5.41) is 2.96. The van der Waals surface area contributed by atoms with E-state index in [-0.39, 0.29) is 5.91 Å². The van der Waals surface area contributed by atoms with E-state index in [1.54, 1.807) is 0 Å². The maximum atomic E-state index is 12.3. The highest BCUT2D eigenvalue weighted by Crippen LogP contribution is 2.26. The Bertz CT molecular complexity index is 679. The van der Waals surface area contributed by atoms with Crippen molar-refractivity contribution in [2.45, 2.75) is 32.8 Å². The normalized spacial score (nSPS) is 17.6. The Hall–Kier alpha value is -2.29. The first kappa shape index (κ1) is 13.7. The van der Waals surface area contributed by atoms with Gasteiger partial charge < -0.3 is 10.1 Å². The van der Waals surface area contributed by atoms with Crippen LogP contribution < -0.4 is 10.1 Å². The lowest BCUT2D eigenvalue weighted by molar-refractivity contribution is -0.122. The second-order valence-electron chi connectivity index (χ2n) is 5.56. The van der Waals surface area contributed by atoms with E-state index in [1.165, 1.54) is 0 Å². The Morgan fingerprint density at radius 1 is 1.14 bits per heavy atom. The van der Waals surface area contributed by atoms with Crippen LogP contribution in [-0.4, -0.2) is 12.0 Å². The van der Waals surface area contributed by atoms with Crippen molar-refractivity contribution in [2.24, 2.45) is 0 Å². The third-order valence-electron chi connectivity index (χ3n) is 3.86. The fourth-order valence-corrected chi connectivity index (χ4v) is 2.59. The largest absolute Gasteiger partial charge is 0.480 e. The summed E-state index contributed by atoms with van der Waals surface area (Å²) in [4.78, 5) is 12.3. The molecular formula is C18H19NO2. The van der Waals surface area contributed by atoms with Gasteiger partial charge in [-0.15, -0.1) is 0 Å². The lowest BCUT2D eigenvalue weighted by atomic mass is 10.1. The van der Waals surface area contributed by atoms with Crippen LogP contribution in [0, 0.1) is 13.8 Å². The maximum absolute atomic E-state index is 12.3. The monoisotopic (exact) mass is 281 g/mol. The number of carbonyl (C=O) groups is 1. The number of carbonyl (C=O) groups excluding carboxylic acids is 1. The minimum absolute atomic E-state index is 0.0687. The molecule has 1 amide bonds. The zero-order valence-electron chi connectivity index (χ0n) is 12.3. The van der Waals surface area contributed by atoms with Crippen LogP contribution in [0.15, 0.2) is 42.5 Å². The molecule has 2 aromatic rings. The molecule has 3 heteroatoms. The van der Waals surface area contributed by atoms with Gasteiger partial charge in [0.2, 0.25) is 0 Å². The first-order chi connectivity index (χ1) is 10.1. The zero-order chi connectivity index (χ0) is 14.8. The molecule has 1 atom stereocenters. The van der Waals surface area contributed by atoms with Gasteiger partial charge in [0, 0.05) is 5.69 Å². The summed E-state index contributed by atoms with van der Waals surface area (Å²) in [6.45, 7) is 4.02. The molecule has 1 aliphatic rings. The quantitative estimate of drug-likeness (QED) is 0.912. The van der Waals surface area contributed by atoms with Crippen molar-refractivity contribution in [2.75, 3.05) is 5.32 Å². The molecule has 0 bridgehead atoms. The van der Waals surface area contributed by atoms with Crippen LogP contribution in [0.3, 0.4) is 0 Å². The first-order valence-corrected chi connectivity index (χ1v) is 7.26. The molecule has 108 valence electrons. The number of ether oxygens (including phenoxy) is 1. The molecule has 21 heavy (non-hydrogen) atoms. The lowest BCUT2D eigenvalue weighted by Gasteiger charge is -2.17. The highest BCUT2D eigenvalue weighted by Gasteiger charge is 2.25. The molecule has 0 radical (unpaired) electrons. The average molecular weight is 281 g/mol. The molecule has 1 aliphatic heterocycles. The lowest BCUT2D eigenvalue weighted by Crippen LogP contribution is -2.32. The number of aryl methyl sites for hydroxylation is 3. The van der Waals surface area contributed by atoms with Gasteiger partial charge in [-0.1, -0.05) is 30.3 Å². The van der Waals surface area contributed by atoms with Gasteiger partial charge in [0.25, 0.3) is 5.91 Å². The molecule has 0 aromatic heterocycles. The van der Waals surface area contributed by atoms with E-state index in [4.69, 9.17) is 4.74 Å². The molecule has 3 rings (SSSR count). The Morgan fingerprint density at radius 3 is 2.81 bits per heavy atom. The van der Waals surface area contributed by atoms with Crippen molar-refractivity contribution in [1.29, 1.82) is 0 Å². The Morgan fingerprint density at radius 2 is 1.95 bits per heavy atom. The summed E-state index contributed by atoms with van der Waals surface area (Å²) < 4.78 is 5.98. The van der Waals surface area contributed by atoms with Gasteiger partial charge in [-0.2, -0.15) is 0 Å². The average Bonchev–Trinajstić information content (AvgIpc) is 2.62. The van der Waals surface area contributed by atoms with E-state index >= 15 is 0 Å². The summed E-state index contributed by atoms with van der Waals surface area (Å²) in [7, 11) is 0. The van der Waals surface area contributed by atoms with Gasteiger partial charge in [0.15, 0.2) is 6.10 Å². The van der Waals surface area contributed by atoms with E-state index in [0.717, 1.165) is 34.5 Å². The standard InChI is InChI=1S/C18H19NO2/c1-12-7-8-13(2)17(11-12)21-16-10-9-14-5-3-4-6-15(14)19-18(16)20/h3-8,11,16H,9-10H2,1-2H3,(H,19,20). The van der Waals surface area contributed by atoms with Crippen LogP contribution in [-0.2, 0) is 11.2 Å². The van der Waals surface area contributed by atoms with Crippen LogP contribution in [0.1, 0.15) is 23.1 Å². The molecule has 2 aromatic carbocycles. The highest BCUT2D eigenvalue weighted by atomic mass is 16.5. The molecule has 3 nitrogen and oxygen atoms in total. The van der Waals surface area contributed by atoms with Crippen LogP contribution in [0.4, 0.5) is 5.69 Å². The van der Waals surface area contributed by atoms with Gasteiger partial charge in [-0.3, -0.25) is 4.79 Å². The minimum Gasteiger partial charge on any atom is -0.480 e. The number of nitrogens with one attached hydrogen (secondary N) is 1. The molecule has 0 saturated heterocycles. The van der Waals surface area contributed by atoms with Gasteiger partial charge in [-0.25, -0.2) is 0 Å². The number of benzene rings is 2. The fourth-order valence-electron chi connectivity index (χ4n) is 2.59. The van der Waals surface area contributed by atoms with Gasteiger partial charge in [-0.05, 0) is 55.5 Å². The van der Waals surface area contributed by atoms with Crippen LogP contribution in [0.25, 0.3) is 0 Å². The second-order valence-corrected chi connectivity index (χ2v) is 5.56. The second kappa shape index (κ2) is 5.60. The van der Waals surface area contributed by atoms with Gasteiger partial charge in [0.1, 0.15) is 5.75 Å². The van der Waals surface area contributed by atoms with Crippen LogP contribution in [0.5, 0.6) is 5.75 Å². The third-order valence-corrected chi connectivity index (χ3v) is 3.86. The van der Waals surface area contributed by atoms with Gasteiger partial charge in [0.05, 0.1) is 0 Å². The number of hydrogen-bond donors (Lipinski definition) is 1. The highest BCUT2D eigenvalue weighted by molar-refractivity contribution is 5.95. The third kappa shape index (κ3) is 2.92. The minimum atomic E-state index is -0.446.